The van der Waals surface area contributed by atoms with Gasteiger partial charge in [0.1, 0.15) is 17.0 Å². The van der Waals surface area contributed by atoms with Crippen molar-refractivity contribution in [2.24, 2.45) is 0 Å². The van der Waals surface area contributed by atoms with Gasteiger partial charge in [-0.2, -0.15) is 0 Å². The van der Waals surface area contributed by atoms with Crippen LogP contribution in [-0.2, 0) is 9.53 Å². The van der Waals surface area contributed by atoms with Crippen molar-refractivity contribution in [3.05, 3.63) is 59.2 Å². The van der Waals surface area contributed by atoms with Crippen LogP contribution in [0.3, 0.4) is 0 Å². The number of amides is 2. The molecule has 38 heavy (non-hydrogen) atoms. The number of carbonyl (C=O) groups excluding carboxylic acids is 1. The number of rotatable bonds is 14. The molecule has 0 heterocycles. The molecule has 4 rings (SSSR count). The molecule has 0 aliphatic heterocycles. The third-order valence-electron chi connectivity index (χ3n) is 7.40. The lowest BCUT2D eigenvalue weighted by molar-refractivity contribution is -0.140. The first-order valence-electron chi connectivity index (χ1n) is 13.7. The second kappa shape index (κ2) is 12.1. The number of nitrogens with one attached hydrogen (secondary N) is 1. The SMILES string of the molecule is CCOc1cc([C@@H](C)N(CCO[C@@H](C)c2ccccc2)C(=O)NC2(C(=O)O)CC2)cc(OCC)c1C1CC1. The molecule has 8 nitrogen and oxygen atoms in total. The summed E-state index contributed by atoms with van der Waals surface area (Å²) in [5.74, 6) is 1.01. The summed E-state index contributed by atoms with van der Waals surface area (Å²) in [6, 6.07) is 13.1. The van der Waals surface area contributed by atoms with Gasteiger partial charge in [0.25, 0.3) is 0 Å². The van der Waals surface area contributed by atoms with Crippen molar-refractivity contribution in [1.29, 1.82) is 0 Å². The summed E-state index contributed by atoms with van der Waals surface area (Å²) in [7, 11) is 0. The van der Waals surface area contributed by atoms with Crippen molar-refractivity contribution in [3.63, 3.8) is 0 Å². The summed E-state index contributed by atoms with van der Waals surface area (Å²) in [6.07, 6.45) is 2.93. The van der Waals surface area contributed by atoms with Gasteiger partial charge in [0, 0.05) is 12.1 Å². The lowest BCUT2D eigenvalue weighted by Gasteiger charge is -2.32. The van der Waals surface area contributed by atoms with E-state index in [9.17, 15) is 14.7 Å². The van der Waals surface area contributed by atoms with Crippen molar-refractivity contribution in [1.82, 2.24) is 10.2 Å². The molecule has 0 spiro atoms. The highest BCUT2D eigenvalue weighted by atomic mass is 16.5. The fourth-order valence-corrected chi connectivity index (χ4v) is 4.78. The van der Waals surface area contributed by atoms with Crippen LogP contribution in [0.5, 0.6) is 11.5 Å². The number of aliphatic carboxylic acids is 1. The Balaban J connectivity index is 1.58. The molecule has 2 aliphatic carbocycles. The van der Waals surface area contributed by atoms with Gasteiger partial charge < -0.3 is 29.5 Å². The number of benzene rings is 2. The van der Waals surface area contributed by atoms with Gasteiger partial charge in [-0.15, -0.1) is 0 Å². The normalized spacial score (nSPS) is 17.3. The predicted octanol–water partition coefficient (Wildman–Crippen LogP) is 5.83. The van der Waals surface area contributed by atoms with E-state index in [1.165, 1.54) is 0 Å². The van der Waals surface area contributed by atoms with Gasteiger partial charge in [0.15, 0.2) is 0 Å². The third-order valence-corrected chi connectivity index (χ3v) is 7.40. The quantitative estimate of drug-likeness (QED) is 0.323. The number of urea groups is 1. The lowest BCUT2D eigenvalue weighted by atomic mass is 10.00. The Morgan fingerprint density at radius 1 is 1.03 bits per heavy atom. The van der Waals surface area contributed by atoms with Crippen molar-refractivity contribution < 1.29 is 28.9 Å². The number of carboxylic acids is 1. The first-order valence-corrected chi connectivity index (χ1v) is 13.7. The van der Waals surface area contributed by atoms with Crippen molar-refractivity contribution in [2.45, 2.75) is 77.0 Å². The van der Waals surface area contributed by atoms with E-state index in [1.807, 2.05) is 70.2 Å². The Hall–Kier alpha value is -3.26. The van der Waals surface area contributed by atoms with Gasteiger partial charge in [-0.25, -0.2) is 9.59 Å². The molecule has 206 valence electrons. The summed E-state index contributed by atoms with van der Waals surface area (Å²) in [5.41, 5.74) is 1.84. The summed E-state index contributed by atoms with van der Waals surface area (Å²) in [6.45, 7) is 9.48. The Labute approximate surface area is 225 Å². The van der Waals surface area contributed by atoms with Crippen LogP contribution >= 0.6 is 0 Å². The number of carbonyl (C=O) groups is 2. The standard InChI is InChI=1S/C30H40N2O6/c1-5-36-25-18-24(19-26(37-6-2)27(25)23-12-13-23)20(3)32(29(35)31-30(14-15-30)28(33)34)16-17-38-21(4)22-10-8-7-9-11-22/h7-11,18-21,23H,5-6,12-17H2,1-4H3,(H,31,35)(H,33,34)/t20-,21+/m1/s1. The molecule has 2 atom stereocenters. The number of ether oxygens (including phenoxy) is 3. The van der Waals surface area contributed by atoms with E-state index in [-0.39, 0.29) is 18.7 Å². The second-order valence-corrected chi connectivity index (χ2v) is 10.2. The topological polar surface area (TPSA) is 97.3 Å². The van der Waals surface area contributed by atoms with Crippen molar-refractivity contribution in [3.8, 4) is 11.5 Å². The lowest BCUT2D eigenvalue weighted by Crippen LogP contribution is -2.51. The molecule has 0 saturated heterocycles. The molecule has 2 aliphatic rings. The fraction of sp³-hybridized carbons (Fsp3) is 0.533. The monoisotopic (exact) mass is 524 g/mol. The summed E-state index contributed by atoms with van der Waals surface area (Å²) >= 11 is 0. The minimum Gasteiger partial charge on any atom is -0.493 e. The van der Waals surface area contributed by atoms with Crippen LogP contribution in [0.4, 0.5) is 4.79 Å². The van der Waals surface area contributed by atoms with E-state index >= 15 is 0 Å². The van der Waals surface area contributed by atoms with Crippen molar-refractivity contribution in [2.75, 3.05) is 26.4 Å². The molecule has 2 N–H and O–H groups in total. The van der Waals surface area contributed by atoms with Crippen LogP contribution in [0, 0.1) is 0 Å². The molecule has 0 bridgehead atoms. The average molecular weight is 525 g/mol. The first kappa shape index (κ1) is 27.8. The number of nitrogens with zero attached hydrogens (tertiary/aromatic N) is 1. The average Bonchev–Trinajstić information content (AvgIpc) is 3.83. The minimum atomic E-state index is -1.18. The Morgan fingerprint density at radius 3 is 2.13 bits per heavy atom. The molecular weight excluding hydrogens is 484 g/mol. The van der Waals surface area contributed by atoms with E-state index in [1.54, 1.807) is 4.90 Å². The molecule has 2 aromatic carbocycles. The summed E-state index contributed by atoms with van der Waals surface area (Å²) in [5, 5.41) is 12.4. The molecule has 2 amide bonds. The van der Waals surface area contributed by atoms with Gasteiger partial charge in [0.05, 0.1) is 32.0 Å². The molecule has 0 radical (unpaired) electrons. The molecule has 2 saturated carbocycles. The van der Waals surface area contributed by atoms with E-state index in [0.29, 0.717) is 38.6 Å². The highest BCUT2D eigenvalue weighted by molar-refractivity contribution is 5.89. The number of hydrogen-bond acceptors (Lipinski definition) is 5. The van der Waals surface area contributed by atoms with Crippen LogP contribution in [0.15, 0.2) is 42.5 Å². The summed E-state index contributed by atoms with van der Waals surface area (Å²) in [4.78, 5) is 26.9. The van der Waals surface area contributed by atoms with Crippen LogP contribution in [-0.4, -0.2) is 53.9 Å². The maximum Gasteiger partial charge on any atom is 0.329 e. The van der Waals surface area contributed by atoms with Crippen LogP contribution in [0.1, 0.15) is 88.1 Å². The van der Waals surface area contributed by atoms with Crippen LogP contribution < -0.4 is 14.8 Å². The second-order valence-electron chi connectivity index (χ2n) is 10.2. The van der Waals surface area contributed by atoms with Gasteiger partial charge in [-0.05, 0) is 82.6 Å². The highest BCUT2D eigenvalue weighted by Crippen LogP contribution is 2.50. The van der Waals surface area contributed by atoms with Gasteiger partial charge in [-0.1, -0.05) is 30.3 Å². The third kappa shape index (κ3) is 6.41. The number of hydrogen-bond donors (Lipinski definition) is 2. The zero-order chi connectivity index (χ0) is 27.3. The Kier molecular flexibility index (Phi) is 8.82. The molecule has 2 fully saturated rings. The molecule has 2 aromatic rings. The molecular formula is C30H40N2O6. The van der Waals surface area contributed by atoms with Crippen LogP contribution in [0.2, 0.25) is 0 Å². The Morgan fingerprint density at radius 2 is 1.63 bits per heavy atom. The van der Waals surface area contributed by atoms with E-state index in [4.69, 9.17) is 14.2 Å². The van der Waals surface area contributed by atoms with Gasteiger partial charge in [-0.3, -0.25) is 0 Å². The van der Waals surface area contributed by atoms with Crippen molar-refractivity contribution >= 4 is 12.0 Å². The predicted molar refractivity (Wildman–Crippen MR) is 145 cm³/mol. The molecule has 8 heteroatoms. The largest absolute Gasteiger partial charge is 0.493 e. The van der Waals surface area contributed by atoms with E-state index in [2.05, 4.69) is 5.32 Å². The van der Waals surface area contributed by atoms with Gasteiger partial charge in [0.2, 0.25) is 0 Å². The van der Waals surface area contributed by atoms with Gasteiger partial charge >= 0.3 is 12.0 Å². The van der Waals surface area contributed by atoms with Crippen LogP contribution in [0.25, 0.3) is 0 Å². The van der Waals surface area contributed by atoms with E-state index < -0.39 is 17.5 Å². The first-order chi connectivity index (χ1) is 18.3. The van der Waals surface area contributed by atoms with E-state index in [0.717, 1.165) is 41.0 Å². The summed E-state index contributed by atoms with van der Waals surface area (Å²) < 4.78 is 18.2. The minimum absolute atomic E-state index is 0.142. The smallest absolute Gasteiger partial charge is 0.329 e. The zero-order valence-electron chi connectivity index (χ0n) is 22.9. The highest BCUT2D eigenvalue weighted by Gasteiger charge is 2.52. The maximum atomic E-state index is 13.5. The maximum absolute atomic E-state index is 13.5. The zero-order valence-corrected chi connectivity index (χ0v) is 22.9. The Bertz CT molecular complexity index is 1090. The number of carboxylic acid groups (broad SMARTS) is 1. The molecule has 0 unspecified atom stereocenters. The fourth-order valence-electron chi connectivity index (χ4n) is 4.78. The molecule has 0 aromatic heterocycles.